The molecule has 3 aromatic rings. The van der Waals surface area contributed by atoms with Crippen LogP contribution < -0.4 is 10.6 Å². The first-order chi connectivity index (χ1) is 15.7. The zero-order valence-corrected chi connectivity index (χ0v) is 20.4. The number of aromatic nitrogens is 2. The van der Waals surface area contributed by atoms with E-state index in [0.29, 0.717) is 27.5 Å². The van der Waals surface area contributed by atoms with Gasteiger partial charge in [-0.2, -0.15) is 5.10 Å². The average molecular weight is 491 g/mol. The van der Waals surface area contributed by atoms with Crippen LogP contribution in [0.2, 0.25) is 0 Å². The molecule has 0 saturated heterocycles. The number of carbonyl (C=O) groups excluding carboxylic acids is 2. The van der Waals surface area contributed by atoms with Crippen LogP contribution in [0.4, 0.5) is 15.1 Å². The zero-order valence-electron chi connectivity index (χ0n) is 18.7. The topological polar surface area (TPSA) is 94.5 Å². The first-order valence-electron chi connectivity index (χ1n) is 9.83. The lowest BCUT2D eigenvalue weighted by Crippen LogP contribution is -2.21. The van der Waals surface area contributed by atoms with Crippen LogP contribution in [0.3, 0.4) is 0 Å². The Morgan fingerprint density at radius 1 is 1.12 bits per heavy atom. The summed E-state index contributed by atoms with van der Waals surface area (Å²) in [5, 5.41) is 11.1. The number of nitrogens with zero attached hydrogens (tertiary/aromatic N) is 2. The van der Waals surface area contributed by atoms with E-state index in [2.05, 4.69) is 15.7 Å². The van der Waals surface area contributed by atoms with Crippen molar-refractivity contribution in [2.75, 3.05) is 24.9 Å². The van der Waals surface area contributed by atoms with Crippen molar-refractivity contribution in [1.29, 1.82) is 0 Å². The Kier molecular flexibility index (Phi) is 7.44. The van der Waals surface area contributed by atoms with E-state index in [-0.39, 0.29) is 27.9 Å². The summed E-state index contributed by atoms with van der Waals surface area (Å²) in [5.41, 5.74) is 3.24. The van der Waals surface area contributed by atoms with Gasteiger partial charge in [-0.3, -0.25) is 4.68 Å². The molecule has 0 aliphatic carbocycles. The van der Waals surface area contributed by atoms with Crippen molar-refractivity contribution in [3.05, 3.63) is 63.0 Å². The Balaban J connectivity index is 1.84. The number of anilines is 2. The van der Waals surface area contributed by atoms with E-state index < -0.39 is 11.9 Å². The van der Waals surface area contributed by atoms with Crippen LogP contribution in [-0.2, 0) is 16.0 Å². The second kappa shape index (κ2) is 10.1. The molecule has 2 heterocycles. The fraction of sp³-hybridized carbons (Fsp3) is 0.273. The lowest BCUT2D eigenvalue weighted by Gasteiger charge is -2.11. The van der Waals surface area contributed by atoms with Crippen molar-refractivity contribution in [3.63, 3.8) is 0 Å². The van der Waals surface area contributed by atoms with E-state index in [4.69, 9.17) is 21.7 Å². The molecule has 0 bridgehead atoms. The molecule has 174 valence electrons. The number of aryl methyl sites for hydroxylation is 1. The quantitative estimate of drug-likeness (QED) is 0.387. The predicted octanol–water partition coefficient (Wildman–Crippen LogP) is 4.44. The van der Waals surface area contributed by atoms with Gasteiger partial charge in [-0.1, -0.05) is 18.2 Å². The molecule has 0 unspecified atom stereocenters. The molecular weight excluding hydrogens is 467 g/mol. The van der Waals surface area contributed by atoms with Crippen molar-refractivity contribution >= 4 is 51.3 Å². The first-order valence-corrected chi connectivity index (χ1v) is 11.1. The maximum atomic E-state index is 14.1. The average Bonchev–Trinajstić information content (AvgIpc) is 3.24. The van der Waals surface area contributed by atoms with Crippen LogP contribution in [0.25, 0.3) is 0 Å². The molecule has 33 heavy (non-hydrogen) atoms. The van der Waals surface area contributed by atoms with Gasteiger partial charge in [0.15, 0.2) is 5.11 Å². The minimum absolute atomic E-state index is 0.189. The highest BCUT2D eigenvalue weighted by Gasteiger charge is 2.26. The molecule has 11 heteroatoms. The number of rotatable bonds is 6. The molecule has 0 radical (unpaired) electrons. The van der Waals surface area contributed by atoms with Crippen molar-refractivity contribution < 1.29 is 23.5 Å². The second-order valence-corrected chi connectivity index (χ2v) is 8.55. The Morgan fingerprint density at radius 2 is 1.79 bits per heavy atom. The summed E-state index contributed by atoms with van der Waals surface area (Å²) in [6.07, 6.45) is 0. The van der Waals surface area contributed by atoms with Gasteiger partial charge in [-0.05, 0) is 44.6 Å². The van der Waals surface area contributed by atoms with Crippen molar-refractivity contribution in [2.45, 2.75) is 27.3 Å². The highest BCUT2D eigenvalue weighted by Crippen LogP contribution is 2.34. The van der Waals surface area contributed by atoms with Crippen molar-refractivity contribution in [2.24, 2.45) is 0 Å². The third kappa shape index (κ3) is 5.04. The van der Waals surface area contributed by atoms with Crippen LogP contribution in [0, 0.1) is 26.6 Å². The fourth-order valence-corrected chi connectivity index (χ4v) is 4.69. The number of benzene rings is 1. The molecule has 1 aromatic carbocycles. The van der Waals surface area contributed by atoms with Gasteiger partial charge in [-0.15, -0.1) is 11.3 Å². The van der Waals surface area contributed by atoms with Gasteiger partial charge >= 0.3 is 11.9 Å². The molecule has 0 spiro atoms. The number of thiophene rings is 1. The first kappa shape index (κ1) is 24.3. The Hall–Kier alpha value is -3.31. The summed E-state index contributed by atoms with van der Waals surface area (Å²) >= 11 is 6.49. The number of thiocarbonyl (C=S) groups is 1. The minimum Gasteiger partial charge on any atom is -0.465 e. The molecular formula is C22H23FN4O4S2. The van der Waals surface area contributed by atoms with Crippen LogP contribution in [0.15, 0.2) is 24.3 Å². The summed E-state index contributed by atoms with van der Waals surface area (Å²) in [7, 11) is 2.53. The Morgan fingerprint density at radius 3 is 2.42 bits per heavy atom. The second-order valence-electron chi connectivity index (χ2n) is 7.12. The summed E-state index contributed by atoms with van der Waals surface area (Å²) in [5.74, 6) is -1.47. The summed E-state index contributed by atoms with van der Waals surface area (Å²) in [6.45, 7) is 5.55. The van der Waals surface area contributed by atoms with Gasteiger partial charge in [0.25, 0.3) is 0 Å². The zero-order chi connectivity index (χ0) is 24.3. The number of hydrogen-bond donors (Lipinski definition) is 2. The number of nitrogens with one attached hydrogen (secondary N) is 2. The SMILES string of the molecule is COC(=O)c1sc(NC(=S)Nc2c(C)nn(Cc3ccccc3F)c2C)c(C(=O)OC)c1C. The van der Waals surface area contributed by atoms with Crippen molar-refractivity contribution in [3.8, 4) is 0 Å². The maximum absolute atomic E-state index is 14.1. The molecule has 0 saturated carbocycles. The van der Waals surface area contributed by atoms with Gasteiger partial charge in [0.1, 0.15) is 15.7 Å². The summed E-state index contributed by atoms with van der Waals surface area (Å²) in [6, 6.07) is 6.52. The monoisotopic (exact) mass is 490 g/mol. The lowest BCUT2D eigenvalue weighted by atomic mass is 10.1. The number of esters is 2. The standard InChI is InChI=1S/C22H23FN4O4S2/c1-11-16(20(28)30-4)19(33-18(11)21(29)31-5)25-22(32)24-17-12(2)26-27(13(17)3)10-14-8-6-7-9-15(14)23/h6-9H,10H2,1-5H3,(H2,24,25,32). The molecule has 2 aromatic heterocycles. The molecule has 8 nitrogen and oxygen atoms in total. The van der Waals surface area contributed by atoms with Gasteiger partial charge < -0.3 is 20.1 Å². The largest absolute Gasteiger partial charge is 0.465 e. The van der Waals surface area contributed by atoms with E-state index in [1.807, 2.05) is 6.92 Å². The Bertz CT molecular complexity index is 1240. The molecule has 0 fully saturated rings. The Labute approximate surface area is 199 Å². The number of halogens is 1. The molecule has 0 atom stereocenters. The third-order valence-corrected chi connectivity index (χ3v) is 6.42. The highest BCUT2D eigenvalue weighted by atomic mass is 32.1. The minimum atomic E-state index is -0.603. The molecule has 0 aliphatic heterocycles. The van der Waals surface area contributed by atoms with Gasteiger partial charge in [-0.25, -0.2) is 14.0 Å². The van der Waals surface area contributed by atoms with Gasteiger partial charge in [0.2, 0.25) is 0 Å². The van der Waals surface area contributed by atoms with Crippen molar-refractivity contribution in [1.82, 2.24) is 9.78 Å². The number of ether oxygens (including phenoxy) is 2. The van der Waals surface area contributed by atoms with Crippen LogP contribution in [0.1, 0.15) is 42.5 Å². The highest BCUT2D eigenvalue weighted by molar-refractivity contribution is 7.80. The van der Waals surface area contributed by atoms with Crippen LogP contribution >= 0.6 is 23.6 Å². The summed E-state index contributed by atoms with van der Waals surface area (Å²) in [4.78, 5) is 24.7. The molecule has 2 N–H and O–H groups in total. The van der Waals surface area contributed by atoms with Crippen LogP contribution in [-0.4, -0.2) is 41.1 Å². The smallest absolute Gasteiger partial charge is 0.348 e. The molecule has 0 amide bonds. The third-order valence-electron chi connectivity index (χ3n) is 5.03. The van der Waals surface area contributed by atoms with E-state index in [9.17, 15) is 14.0 Å². The summed E-state index contributed by atoms with van der Waals surface area (Å²) < 4.78 is 25.4. The van der Waals surface area contributed by atoms with Crippen LogP contribution in [0.5, 0.6) is 0 Å². The number of hydrogen-bond acceptors (Lipinski definition) is 7. The predicted molar refractivity (Wildman–Crippen MR) is 129 cm³/mol. The van der Waals surface area contributed by atoms with Gasteiger partial charge in [0, 0.05) is 5.56 Å². The maximum Gasteiger partial charge on any atom is 0.348 e. The normalized spacial score (nSPS) is 10.6. The lowest BCUT2D eigenvalue weighted by molar-refractivity contribution is 0.0601. The van der Waals surface area contributed by atoms with E-state index >= 15 is 0 Å². The van der Waals surface area contributed by atoms with E-state index in [1.54, 1.807) is 36.7 Å². The molecule has 3 rings (SSSR count). The molecule has 0 aliphatic rings. The fourth-order valence-electron chi connectivity index (χ4n) is 3.30. The van der Waals surface area contributed by atoms with E-state index in [0.717, 1.165) is 17.0 Å². The van der Waals surface area contributed by atoms with E-state index in [1.165, 1.54) is 20.3 Å². The van der Waals surface area contributed by atoms with Gasteiger partial charge in [0.05, 0.1) is 43.4 Å². The number of carbonyl (C=O) groups is 2. The number of methoxy groups -OCH3 is 2.